The summed E-state index contributed by atoms with van der Waals surface area (Å²) in [5, 5.41) is 2.06. The number of rotatable bonds is 5. The number of hydrogen-bond acceptors (Lipinski definition) is 1. The van der Waals surface area contributed by atoms with Crippen molar-refractivity contribution in [3.63, 3.8) is 0 Å². The van der Waals surface area contributed by atoms with Crippen LogP contribution in [0.25, 0.3) is 33.0 Å². The van der Waals surface area contributed by atoms with Gasteiger partial charge in [-0.05, 0) is 75.4 Å². The van der Waals surface area contributed by atoms with Crippen molar-refractivity contribution in [2.75, 3.05) is 4.90 Å². The molecule has 0 fully saturated rings. The number of hydrogen-bond donors (Lipinski definition) is 0. The Morgan fingerprint density at radius 2 is 1.03 bits per heavy atom. The molecule has 6 aromatic rings. The molecule has 0 aliphatic rings. The minimum Gasteiger partial charge on any atom is -0.310 e. The summed E-state index contributed by atoms with van der Waals surface area (Å²) in [6.07, 6.45) is 0. The Hall–Kier alpha value is -4.62. The second-order valence-corrected chi connectivity index (χ2v) is 8.37. The van der Waals surface area contributed by atoms with Crippen LogP contribution in [0.2, 0.25) is 0 Å². The van der Waals surface area contributed by atoms with Crippen molar-refractivity contribution in [2.24, 2.45) is 0 Å². The van der Waals surface area contributed by atoms with Crippen molar-refractivity contribution in [2.45, 2.75) is 0 Å². The maximum Gasteiger partial charge on any atom is 0.0651 e. The highest BCUT2D eigenvalue weighted by atomic mass is 15.1. The van der Waals surface area contributed by atoms with Crippen LogP contribution >= 0.6 is 0 Å². The minimum atomic E-state index is -0.203. The van der Waals surface area contributed by atoms with Crippen LogP contribution in [-0.2, 0) is 0 Å². The number of fused-ring (bicyclic) bond motifs is 1. The lowest BCUT2D eigenvalue weighted by Crippen LogP contribution is -2.09. The van der Waals surface area contributed by atoms with E-state index in [9.17, 15) is 1.37 Å². The van der Waals surface area contributed by atoms with Crippen LogP contribution in [0.5, 0.6) is 0 Å². The van der Waals surface area contributed by atoms with Crippen LogP contribution in [0.15, 0.2) is 152 Å². The molecule has 0 N–H and O–H groups in total. The number of para-hydroxylation sites is 1. The van der Waals surface area contributed by atoms with Gasteiger partial charge in [0, 0.05) is 17.1 Å². The van der Waals surface area contributed by atoms with Gasteiger partial charge in [-0.15, -0.1) is 0 Å². The third-order valence-corrected chi connectivity index (χ3v) is 6.12. The van der Waals surface area contributed by atoms with Gasteiger partial charge in [-0.3, -0.25) is 0 Å². The van der Waals surface area contributed by atoms with Crippen LogP contribution in [0, 0.1) is 0 Å². The predicted octanol–water partition coefficient (Wildman–Crippen LogP) is 9.64. The van der Waals surface area contributed by atoms with Crippen LogP contribution in [0.4, 0.5) is 17.1 Å². The zero-order valence-electron chi connectivity index (χ0n) is 23.1. The van der Waals surface area contributed by atoms with Gasteiger partial charge in [0.15, 0.2) is 0 Å². The van der Waals surface area contributed by atoms with Gasteiger partial charge in [0.2, 0.25) is 0 Å². The summed E-state index contributed by atoms with van der Waals surface area (Å²) in [5.74, 6) is 0. The summed E-state index contributed by atoms with van der Waals surface area (Å²) in [4.78, 5) is 1.85. The predicted molar refractivity (Wildman–Crippen MR) is 150 cm³/mol. The third kappa shape index (κ3) is 4.32. The summed E-state index contributed by atoms with van der Waals surface area (Å²) in [6.45, 7) is 0. The first-order chi connectivity index (χ1) is 19.0. The van der Waals surface area contributed by atoms with Crippen LogP contribution in [0.1, 0.15) is 5.48 Å². The molecule has 0 amide bonds. The Labute approximate surface area is 212 Å². The highest BCUT2D eigenvalue weighted by Crippen LogP contribution is 2.37. The van der Waals surface area contributed by atoms with E-state index in [1.807, 2.05) is 120 Å². The molecule has 6 aromatic carbocycles. The zero-order valence-corrected chi connectivity index (χ0v) is 19.1. The fraction of sp³-hybridized carbons (Fsp3) is 0. The van der Waals surface area contributed by atoms with Crippen LogP contribution in [0.3, 0.4) is 0 Å². The van der Waals surface area contributed by atoms with Crippen molar-refractivity contribution >= 4 is 27.8 Å². The maximum absolute atomic E-state index is 9.31. The van der Waals surface area contributed by atoms with E-state index in [0.717, 1.165) is 33.3 Å². The average Bonchev–Trinajstić information content (AvgIpc) is 2.99. The molecule has 35 heavy (non-hydrogen) atoms. The largest absolute Gasteiger partial charge is 0.310 e. The van der Waals surface area contributed by atoms with Gasteiger partial charge in [-0.1, -0.05) is 109 Å². The second kappa shape index (κ2) is 9.32. The SMILES string of the molecule is [2H]c1c([2H])c(-c2ccc3ccccc3c2)c([2H])c(N(c2ccccc2)c2ccc(-c3ccccc3)cc2)c1[2H]. The van der Waals surface area contributed by atoms with Crippen LogP contribution in [-0.4, -0.2) is 0 Å². The summed E-state index contributed by atoms with van der Waals surface area (Å²) in [5.41, 5.74) is 5.01. The standard InChI is InChI=1S/C34H25N/c1-3-10-26(11-4-1)28-20-22-33(23-21-28)35(32-15-5-2-6-16-32)34-17-9-14-30(25-34)31-19-18-27-12-7-8-13-29(27)24-31/h1-25H/i9D,14D,17D,25D. The van der Waals surface area contributed by atoms with E-state index in [2.05, 4.69) is 12.1 Å². The summed E-state index contributed by atoms with van der Waals surface area (Å²) in [7, 11) is 0. The maximum atomic E-state index is 9.31. The molecule has 0 spiro atoms. The van der Waals surface area contributed by atoms with Gasteiger partial charge in [0.05, 0.1) is 5.48 Å². The molecule has 0 heterocycles. The van der Waals surface area contributed by atoms with Gasteiger partial charge in [0.25, 0.3) is 0 Å². The Kier molecular flexibility index (Phi) is 4.50. The minimum absolute atomic E-state index is 0.0484. The van der Waals surface area contributed by atoms with Crippen molar-refractivity contribution < 1.29 is 5.48 Å². The van der Waals surface area contributed by atoms with E-state index in [-0.39, 0.29) is 29.9 Å². The summed E-state index contributed by atoms with van der Waals surface area (Å²) >= 11 is 0. The average molecular weight is 452 g/mol. The molecule has 6 rings (SSSR count). The third-order valence-electron chi connectivity index (χ3n) is 6.12. The molecule has 0 radical (unpaired) electrons. The molecule has 0 saturated carbocycles. The number of anilines is 3. The lowest BCUT2D eigenvalue weighted by Gasteiger charge is -2.26. The fourth-order valence-electron chi connectivity index (χ4n) is 4.35. The van der Waals surface area contributed by atoms with Crippen molar-refractivity contribution in [3.8, 4) is 22.3 Å². The Balaban J connectivity index is 1.56. The second-order valence-electron chi connectivity index (χ2n) is 8.37. The van der Waals surface area contributed by atoms with E-state index in [4.69, 9.17) is 4.11 Å². The first-order valence-electron chi connectivity index (χ1n) is 13.6. The Bertz CT molecular complexity index is 1780. The molecule has 166 valence electrons. The van der Waals surface area contributed by atoms with Gasteiger partial charge >= 0.3 is 0 Å². The topological polar surface area (TPSA) is 3.24 Å². The van der Waals surface area contributed by atoms with E-state index >= 15 is 0 Å². The van der Waals surface area contributed by atoms with Gasteiger partial charge in [0.1, 0.15) is 0 Å². The van der Waals surface area contributed by atoms with Crippen molar-refractivity contribution in [1.29, 1.82) is 0 Å². The van der Waals surface area contributed by atoms with Gasteiger partial charge in [-0.25, -0.2) is 0 Å². The highest BCUT2D eigenvalue weighted by Gasteiger charge is 2.13. The number of nitrogens with zero attached hydrogens (tertiary/aromatic N) is 1. The fourth-order valence-corrected chi connectivity index (χ4v) is 4.35. The number of benzene rings is 6. The molecule has 0 aromatic heterocycles. The molecule has 0 aliphatic heterocycles. The lowest BCUT2D eigenvalue weighted by atomic mass is 10.0. The molecule has 1 nitrogen and oxygen atoms in total. The molecule has 0 atom stereocenters. The summed E-state index contributed by atoms with van der Waals surface area (Å²) in [6, 6.07) is 41.1. The van der Waals surface area contributed by atoms with E-state index < -0.39 is 0 Å². The molecular formula is C34H25N. The summed E-state index contributed by atoms with van der Waals surface area (Å²) < 4.78 is 35.7. The van der Waals surface area contributed by atoms with E-state index in [1.54, 1.807) is 0 Å². The quantitative estimate of drug-likeness (QED) is 0.252. The zero-order chi connectivity index (χ0) is 26.9. The van der Waals surface area contributed by atoms with E-state index in [0.29, 0.717) is 11.1 Å². The molecule has 0 saturated heterocycles. The monoisotopic (exact) mass is 451 g/mol. The molecule has 0 unspecified atom stereocenters. The van der Waals surface area contributed by atoms with Crippen molar-refractivity contribution in [1.82, 2.24) is 0 Å². The van der Waals surface area contributed by atoms with Crippen LogP contribution < -0.4 is 4.90 Å². The molecule has 0 aliphatic carbocycles. The van der Waals surface area contributed by atoms with Gasteiger partial charge < -0.3 is 4.90 Å². The lowest BCUT2D eigenvalue weighted by molar-refractivity contribution is 1.28. The molecule has 1 heteroatoms. The first kappa shape index (κ1) is 16.9. The Morgan fingerprint density at radius 3 is 1.80 bits per heavy atom. The van der Waals surface area contributed by atoms with Gasteiger partial charge in [-0.2, -0.15) is 0 Å². The highest BCUT2D eigenvalue weighted by molar-refractivity contribution is 5.88. The van der Waals surface area contributed by atoms with Crippen molar-refractivity contribution in [3.05, 3.63) is 152 Å². The normalized spacial score (nSPS) is 12.5. The Morgan fingerprint density at radius 1 is 0.429 bits per heavy atom. The molecule has 0 bridgehead atoms. The first-order valence-corrected chi connectivity index (χ1v) is 11.6. The molecular weight excluding hydrogens is 422 g/mol. The van der Waals surface area contributed by atoms with E-state index in [1.165, 1.54) is 0 Å². The smallest absolute Gasteiger partial charge is 0.0651 e.